The number of allylic oxidation sites excluding steroid dienone is 1. The van der Waals surface area contributed by atoms with Crippen LogP contribution in [0.1, 0.15) is 19.3 Å². The zero-order valence-electron chi connectivity index (χ0n) is 8.72. The molecular formula is C10H18OSeSi. The molecule has 3 heteroatoms. The molecule has 0 N–H and O–H groups in total. The van der Waals surface area contributed by atoms with E-state index in [-0.39, 0.29) is 0 Å². The second-order valence-corrected chi connectivity index (χ2v) is 12.8. The van der Waals surface area contributed by atoms with Crippen LogP contribution >= 0.6 is 0 Å². The summed E-state index contributed by atoms with van der Waals surface area (Å²) in [6.45, 7) is 7.03. The fraction of sp³-hybridized carbons (Fsp3) is 0.700. The van der Waals surface area contributed by atoms with Gasteiger partial charge in [0.05, 0.1) is 0 Å². The molecule has 1 rings (SSSR count). The summed E-state index contributed by atoms with van der Waals surface area (Å²) >= 11 is 0.612. The Balaban J connectivity index is 2.78. The molecular weight excluding hydrogens is 243 g/mol. The van der Waals surface area contributed by atoms with Gasteiger partial charge in [-0.25, -0.2) is 0 Å². The van der Waals surface area contributed by atoms with E-state index in [9.17, 15) is 4.79 Å². The van der Waals surface area contributed by atoms with E-state index < -0.39 is 8.07 Å². The van der Waals surface area contributed by atoms with Crippen LogP contribution in [0.15, 0.2) is 10.2 Å². The zero-order valence-corrected chi connectivity index (χ0v) is 11.4. The standard InChI is InChI=1S/C10H18OSeSi/c1-13(2,3)10-8-9(11)6-4-5-7-12-10/h8H,4-7H2,1-3H3/b10-8+. The predicted molar refractivity (Wildman–Crippen MR) is 60.8 cm³/mol. The first-order chi connectivity index (χ1) is 6.00. The van der Waals surface area contributed by atoms with Gasteiger partial charge in [0.1, 0.15) is 0 Å². The van der Waals surface area contributed by atoms with Crippen molar-refractivity contribution in [2.75, 3.05) is 0 Å². The van der Waals surface area contributed by atoms with E-state index >= 15 is 0 Å². The van der Waals surface area contributed by atoms with Crippen molar-refractivity contribution in [3.05, 3.63) is 10.2 Å². The van der Waals surface area contributed by atoms with Gasteiger partial charge in [-0.15, -0.1) is 0 Å². The Morgan fingerprint density at radius 2 is 2.00 bits per heavy atom. The van der Waals surface area contributed by atoms with Crippen molar-refractivity contribution >= 4 is 28.8 Å². The van der Waals surface area contributed by atoms with Gasteiger partial charge in [0, 0.05) is 0 Å². The number of ketones is 1. The first-order valence-electron chi connectivity index (χ1n) is 4.88. The van der Waals surface area contributed by atoms with Crippen molar-refractivity contribution in [2.24, 2.45) is 0 Å². The van der Waals surface area contributed by atoms with Crippen LogP contribution in [0.3, 0.4) is 0 Å². The van der Waals surface area contributed by atoms with Gasteiger partial charge in [-0.05, 0) is 0 Å². The Labute approximate surface area is 88.2 Å². The molecule has 0 saturated heterocycles. The summed E-state index contributed by atoms with van der Waals surface area (Å²) in [5.74, 6) is 0.374. The molecule has 0 radical (unpaired) electrons. The third-order valence-corrected chi connectivity index (χ3v) is 10.3. The topological polar surface area (TPSA) is 17.1 Å². The summed E-state index contributed by atoms with van der Waals surface area (Å²) in [4.78, 5) is 11.4. The quantitative estimate of drug-likeness (QED) is 0.663. The van der Waals surface area contributed by atoms with Crippen LogP contribution in [-0.2, 0) is 4.79 Å². The molecule has 0 aromatic carbocycles. The zero-order chi connectivity index (χ0) is 9.90. The molecule has 13 heavy (non-hydrogen) atoms. The third-order valence-electron chi connectivity index (χ3n) is 2.11. The maximum atomic E-state index is 11.4. The van der Waals surface area contributed by atoms with Crippen molar-refractivity contribution in [3.63, 3.8) is 0 Å². The monoisotopic (exact) mass is 262 g/mol. The molecule has 0 amide bonds. The Kier molecular flexibility index (Phi) is 3.96. The summed E-state index contributed by atoms with van der Waals surface area (Å²) in [6, 6.07) is 0. The van der Waals surface area contributed by atoms with Crippen LogP contribution in [0.5, 0.6) is 0 Å². The molecule has 0 aliphatic carbocycles. The average Bonchev–Trinajstić information content (AvgIpc) is 1.94. The average molecular weight is 261 g/mol. The van der Waals surface area contributed by atoms with E-state index in [1.807, 2.05) is 6.08 Å². The molecule has 0 spiro atoms. The van der Waals surface area contributed by atoms with Crippen molar-refractivity contribution in [1.29, 1.82) is 0 Å². The fourth-order valence-electron chi connectivity index (χ4n) is 1.28. The Hall–Kier alpha value is 0.146. The van der Waals surface area contributed by atoms with Crippen LogP contribution < -0.4 is 0 Å². The summed E-state index contributed by atoms with van der Waals surface area (Å²) in [7, 11) is -1.18. The van der Waals surface area contributed by atoms with Crippen LogP contribution in [-0.4, -0.2) is 28.8 Å². The molecule has 74 valence electrons. The van der Waals surface area contributed by atoms with E-state index in [4.69, 9.17) is 0 Å². The molecule has 1 aliphatic rings. The summed E-state index contributed by atoms with van der Waals surface area (Å²) in [5, 5.41) is 1.34. The van der Waals surface area contributed by atoms with Crippen LogP contribution in [0.4, 0.5) is 0 Å². The first-order valence-corrected chi connectivity index (χ1v) is 10.4. The van der Waals surface area contributed by atoms with Gasteiger partial charge < -0.3 is 0 Å². The van der Waals surface area contributed by atoms with Gasteiger partial charge in [-0.2, -0.15) is 0 Å². The Bertz CT molecular complexity index is 228. The van der Waals surface area contributed by atoms with Gasteiger partial charge in [0.15, 0.2) is 0 Å². The van der Waals surface area contributed by atoms with Gasteiger partial charge >= 0.3 is 88.0 Å². The van der Waals surface area contributed by atoms with Crippen LogP contribution in [0, 0.1) is 0 Å². The second-order valence-electron chi connectivity index (χ2n) is 4.53. The van der Waals surface area contributed by atoms with Gasteiger partial charge in [-0.3, -0.25) is 0 Å². The first kappa shape index (κ1) is 11.2. The predicted octanol–water partition coefficient (Wildman–Crippen LogP) is 2.62. The van der Waals surface area contributed by atoms with E-state index in [2.05, 4.69) is 19.6 Å². The number of hydrogen-bond donors (Lipinski definition) is 0. The van der Waals surface area contributed by atoms with Crippen molar-refractivity contribution < 1.29 is 4.79 Å². The van der Waals surface area contributed by atoms with Crippen molar-refractivity contribution in [3.8, 4) is 0 Å². The minimum atomic E-state index is -1.18. The van der Waals surface area contributed by atoms with E-state index in [0.717, 1.165) is 12.8 Å². The Morgan fingerprint density at radius 1 is 1.31 bits per heavy atom. The summed E-state index contributed by atoms with van der Waals surface area (Å²) < 4.78 is 1.53. The normalized spacial score (nSPS) is 24.5. The molecule has 0 atom stereocenters. The molecule has 0 bridgehead atoms. The molecule has 0 fully saturated rings. The van der Waals surface area contributed by atoms with Crippen LogP contribution in [0.25, 0.3) is 0 Å². The fourth-order valence-corrected chi connectivity index (χ4v) is 7.20. The molecule has 1 nitrogen and oxygen atoms in total. The van der Waals surface area contributed by atoms with Gasteiger partial charge in [-0.1, -0.05) is 0 Å². The molecule has 0 saturated carbocycles. The molecule has 1 aliphatic heterocycles. The van der Waals surface area contributed by atoms with Gasteiger partial charge in [0.2, 0.25) is 0 Å². The molecule has 0 aromatic rings. The third kappa shape index (κ3) is 3.80. The maximum absolute atomic E-state index is 11.4. The van der Waals surface area contributed by atoms with Gasteiger partial charge in [0.25, 0.3) is 0 Å². The summed E-state index contributed by atoms with van der Waals surface area (Å²) in [6.07, 6.45) is 5.12. The van der Waals surface area contributed by atoms with Crippen molar-refractivity contribution in [2.45, 2.75) is 44.2 Å². The number of carbonyl (C=O) groups excluding carboxylic acids is 1. The van der Waals surface area contributed by atoms with E-state index in [1.165, 1.54) is 15.8 Å². The SMILES string of the molecule is C[Si](C)(C)/C1=C/C(=O)CCCC[Se]1. The van der Waals surface area contributed by atoms with E-state index in [1.54, 1.807) is 0 Å². The molecule has 0 aromatic heterocycles. The van der Waals surface area contributed by atoms with Crippen molar-refractivity contribution in [1.82, 2.24) is 0 Å². The minimum absolute atomic E-state index is 0.374. The molecule has 1 heterocycles. The Morgan fingerprint density at radius 3 is 2.62 bits per heavy atom. The van der Waals surface area contributed by atoms with E-state index in [0.29, 0.717) is 20.7 Å². The number of hydrogen-bond acceptors (Lipinski definition) is 1. The second kappa shape index (κ2) is 4.58. The molecule has 0 unspecified atom stereocenters. The summed E-state index contributed by atoms with van der Waals surface area (Å²) in [5.41, 5.74) is 0. The number of rotatable bonds is 1. The number of carbonyl (C=O) groups is 1. The van der Waals surface area contributed by atoms with Crippen LogP contribution in [0.2, 0.25) is 25.0 Å².